The first-order valence-electron chi connectivity index (χ1n) is 4.45. The minimum Gasteiger partial charge on any atom is -0.393 e. The summed E-state index contributed by atoms with van der Waals surface area (Å²) in [7, 11) is 0. The Kier molecular flexibility index (Phi) is 4.69. The lowest BCUT2D eigenvalue weighted by atomic mass is 9.80. The molecule has 2 nitrogen and oxygen atoms in total. The smallest absolute Gasteiger partial charge is 0.0577 e. The summed E-state index contributed by atoms with van der Waals surface area (Å²) in [4.78, 5) is 0. The van der Waals surface area contributed by atoms with Crippen LogP contribution in [-0.4, -0.2) is 17.8 Å². The van der Waals surface area contributed by atoms with E-state index in [9.17, 15) is 5.11 Å². The zero-order valence-corrected chi connectivity index (χ0v) is 7.93. The first-order chi connectivity index (χ1) is 5.06. The van der Waals surface area contributed by atoms with Crippen molar-refractivity contribution in [2.75, 3.05) is 6.54 Å². The Morgan fingerprint density at radius 2 is 2.09 bits per heavy atom. The van der Waals surface area contributed by atoms with Crippen LogP contribution in [0.5, 0.6) is 0 Å². The van der Waals surface area contributed by atoms with Crippen molar-refractivity contribution in [1.82, 2.24) is 0 Å². The highest BCUT2D eigenvalue weighted by atomic mass is 16.3. The van der Waals surface area contributed by atoms with E-state index in [1.54, 1.807) is 0 Å². The number of hydrogen-bond acceptors (Lipinski definition) is 2. The maximum Gasteiger partial charge on any atom is 0.0577 e. The fraction of sp³-hybridized carbons (Fsp3) is 1.00. The van der Waals surface area contributed by atoms with Gasteiger partial charge in [0.05, 0.1) is 6.10 Å². The second-order valence-electron chi connectivity index (χ2n) is 3.64. The SMILES string of the molecule is CCCCC(C)(CN)C(C)O. The molecule has 0 aliphatic rings. The van der Waals surface area contributed by atoms with Crippen molar-refractivity contribution < 1.29 is 5.11 Å². The van der Waals surface area contributed by atoms with E-state index in [2.05, 4.69) is 6.92 Å². The summed E-state index contributed by atoms with van der Waals surface area (Å²) < 4.78 is 0. The summed E-state index contributed by atoms with van der Waals surface area (Å²) in [5, 5.41) is 9.42. The van der Waals surface area contributed by atoms with E-state index in [-0.39, 0.29) is 11.5 Å². The molecule has 3 N–H and O–H groups in total. The van der Waals surface area contributed by atoms with Crippen LogP contribution < -0.4 is 5.73 Å². The van der Waals surface area contributed by atoms with Crippen LogP contribution in [-0.2, 0) is 0 Å². The monoisotopic (exact) mass is 159 g/mol. The lowest BCUT2D eigenvalue weighted by Gasteiger charge is -2.30. The van der Waals surface area contributed by atoms with E-state index in [1.165, 1.54) is 6.42 Å². The first-order valence-corrected chi connectivity index (χ1v) is 4.45. The van der Waals surface area contributed by atoms with Gasteiger partial charge in [-0.1, -0.05) is 26.7 Å². The number of rotatable bonds is 5. The third kappa shape index (κ3) is 3.21. The summed E-state index contributed by atoms with van der Waals surface area (Å²) >= 11 is 0. The minimum atomic E-state index is -0.293. The van der Waals surface area contributed by atoms with E-state index >= 15 is 0 Å². The van der Waals surface area contributed by atoms with Crippen molar-refractivity contribution in [1.29, 1.82) is 0 Å². The predicted molar refractivity (Wildman–Crippen MR) is 48.4 cm³/mol. The van der Waals surface area contributed by atoms with Gasteiger partial charge in [-0.3, -0.25) is 0 Å². The molecular formula is C9H21NO. The molecule has 0 amide bonds. The van der Waals surface area contributed by atoms with E-state index in [0.29, 0.717) is 6.54 Å². The molecule has 0 aliphatic carbocycles. The number of aliphatic hydroxyl groups is 1. The Morgan fingerprint density at radius 3 is 2.36 bits per heavy atom. The van der Waals surface area contributed by atoms with Gasteiger partial charge in [0.25, 0.3) is 0 Å². The Labute approximate surface area is 69.8 Å². The summed E-state index contributed by atoms with van der Waals surface area (Å²) in [5.74, 6) is 0. The van der Waals surface area contributed by atoms with E-state index in [0.717, 1.165) is 12.8 Å². The van der Waals surface area contributed by atoms with Gasteiger partial charge in [-0.05, 0) is 13.3 Å². The average Bonchev–Trinajstić information content (AvgIpc) is 2.00. The lowest BCUT2D eigenvalue weighted by molar-refractivity contribution is 0.0504. The standard InChI is InChI=1S/C9H21NO/c1-4-5-6-9(3,7-10)8(2)11/h8,11H,4-7,10H2,1-3H3. The van der Waals surface area contributed by atoms with Gasteiger partial charge in [0.2, 0.25) is 0 Å². The van der Waals surface area contributed by atoms with E-state index in [4.69, 9.17) is 5.73 Å². The van der Waals surface area contributed by atoms with Gasteiger partial charge in [0.1, 0.15) is 0 Å². The number of aliphatic hydroxyl groups excluding tert-OH is 1. The fourth-order valence-corrected chi connectivity index (χ4v) is 1.06. The molecule has 11 heavy (non-hydrogen) atoms. The van der Waals surface area contributed by atoms with Crippen molar-refractivity contribution in [2.24, 2.45) is 11.1 Å². The molecule has 0 aliphatic heterocycles. The molecule has 0 aromatic rings. The summed E-state index contributed by atoms with van der Waals surface area (Å²) in [6.45, 7) is 6.60. The van der Waals surface area contributed by atoms with E-state index in [1.807, 2.05) is 13.8 Å². The molecule has 0 radical (unpaired) electrons. The molecule has 2 atom stereocenters. The van der Waals surface area contributed by atoms with Crippen LogP contribution in [0, 0.1) is 5.41 Å². The predicted octanol–water partition coefficient (Wildman–Crippen LogP) is 1.52. The molecule has 0 bridgehead atoms. The molecule has 0 aromatic heterocycles. The molecule has 2 unspecified atom stereocenters. The zero-order chi connectivity index (χ0) is 8.91. The van der Waals surface area contributed by atoms with E-state index < -0.39 is 0 Å². The fourth-order valence-electron chi connectivity index (χ4n) is 1.06. The van der Waals surface area contributed by atoms with Crippen LogP contribution >= 0.6 is 0 Å². The first kappa shape index (κ1) is 10.9. The largest absolute Gasteiger partial charge is 0.393 e. The highest BCUT2D eigenvalue weighted by molar-refractivity contribution is 4.80. The van der Waals surface area contributed by atoms with Gasteiger partial charge in [-0.2, -0.15) is 0 Å². The van der Waals surface area contributed by atoms with Gasteiger partial charge >= 0.3 is 0 Å². The molecule has 0 heterocycles. The molecule has 2 heteroatoms. The second-order valence-corrected chi connectivity index (χ2v) is 3.64. The Bertz CT molecular complexity index is 104. The maximum absolute atomic E-state index is 9.42. The van der Waals surface area contributed by atoms with Crippen molar-refractivity contribution in [3.8, 4) is 0 Å². The molecule has 0 saturated heterocycles. The Hall–Kier alpha value is -0.0800. The quantitative estimate of drug-likeness (QED) is 0.639. The Balaban J connectivity index is 3.88. The molecule has 0 spiro atoms. The molecular weight excluding hydrogens is 138 g/mol. The normalized spacial score (nSPS) is 19.4. The summed E-state index contributed by atoms with van der Waals surface area (Å²) in [6, 6.07) is 0. The van der Waals surface area contributed by atoms with Gasteiger partial charge in [-0.25, -0.2) is 0 Å². The lowest BCUT2D eigenvalue weighted by Crippen LogP contribution is -2.37. The number of hydrogen-bond donors (Lipinski definition) is 2. The molecule has 0 fully saturated rings. The summed E-state index contributed by atoms with van der Waals surface area (Å²) in [5.41, 5.74) is 5.52. The van der Waals surface area contributed by atoms with Gasteiger partial charge in [-0.15, -0.1) is 0 Å². The van der Waals surface area contributed by atoms with Crippen LogP contribution in [0.3, 0.4) is 0 Å². The highest BCUT2D eigenvalue weighted by Crippen LogP contribution is 2.26. The van der Waals surface area contributed by atoms with Crippen molar-refractivity contribution >= 4 is 0 Å². The zero-order valence-electron chi connectivity index (χ0n) is 7.93. The topological polar surface area (TPSA) is 46.2 Å². The third-order valence-corrected chi connectivity index (χ3v) is 2.58. The average molecular weight is 159 g/mol. The minimum absolute atomic E-state index is 0.0734. The second kappa shape index (κ2) is 4.73. The molecule has 0 saturated carbocycles. The van der Waals surface area contributed by atoms with Crippen LogP contribution in [0.2, 0.25) is 0 Å². The third-order valence-electron chi connectivity index (χ3n) is 2.58. The van der Waals surface area contributed by atoms with Crippen LogP contribution in [0.4, 0.5) is 0 Å². The van der Waals surface area contributed by atoms with Crippen molar-refractivity contribution in [2.45, 2.75) is 46.1 Å². The van der Waals surface area contributed by atoms with Crippen molar-refractivity contribution in [3.05, 3.63) is 0 Å². The molecule has 68 valence electrons. The van der Waals surface area contributed by atoms with Crippen LogP contribution in [0.25, 0.3) is 0 Å². The number of nitrogens with two attached hydrogens (primary N) is 1. The van der Waals surface area contributed by atoms with Crippen molar-refractivity contribution in [3.63, 3.8) is 0 Å². The van der Waals surface area contributed by atoms with Crippen LogP contribution in [0.1, 0.15) is 40.0 Å². The van der Waals surface area contributed by atoms with Gasteiger partial charge < -0.3 is 10.8 Å². The van der Waals surface area contributed by atoms with Crippen LogP contribution in [0.15, 0.2) is 0 Å². The highest BCUT2D eigenvalue weighted by Gasteiger charge is 2.27. The molecule has 0 aromatic carbocycles. The maximum atomic E-state index is 9.42. The molecule has 0 rings (SSSR count). The Morgan fingerprint density at radius 1 is 1.55 bits per heavy atom. The summed E-state index contributed by atoms with van der Waals surface area (Å²) in [6.07, 6.45) is 3.05. The van der Waals surface area contributed by atoms with Gasteiger partial charge in [0, 0.05) is 12.0 Å². The number of unbranched alkanes of at least 4 members (excludes halogenated alkanes) is 1. The van der Waals surface area contributed by atoms with Gasteiger partial charge in [0.15, 0.2) is 0 Å².